The number of amides is 1. The maximum Gasteiger partial charge on any atom is 0.419 e. The molecule has 1 aromatic heterocycles. The predicted molar refractivity (Wildman–Crippen MR) is 146 cm³/mol. The number of nitriles is 1. The number of nitrogens with zero attached hydrogens (tertiary/aromatic N) is 4. The van der Waals surface area contributed by atoms with Crippen molar-refractivity contribution in [3.8, 4) is 11.8 Å². The van der Waals surface area contributed by atoms with Crippen molar-refractivity contribution in [2.24, 2.45) is 0 Å². The number of aliphatic hydroxyl groups excluding tert-OH is 1. The van der Waals surface area contributed by atoms with Crippen LogP contribution in [0.25, 0.3) is 5.69 Å². The lowest BCUT2D eigenvalue weighted by Gasteiger charge is -2.30. The van der Waals surface area contributed by atoms with E-state index in [1.165, 1.54) is 11.8 Å². The first-order valence-corrected chi connectivity index (χ1v) is 15.2. The normalized spacial score (nSPS) is 14.4. The van der Waals surface area contributed by atoms with E-state index in [9.17, 15) is 41.1 Å². The van der Waals surface area contributed by atoms with Gasteiger partial charge in [-0.3, -0.25) is 9.36 Å². The molecule has 0 bridgehead atoms. The molecule has 8 nitrogen and oxygen atoms in total. The first-order chi connectivity index (χ1) is 19.8. The van der Waals surface area contributed by atoms with Gasteiger partial charge in [0.2, 0.25) is 5.91 Å². The minimum atomic E-state index is -4.96. The molecule has 224 valence electrons. The van der Waals surface area contributed by atoms with Crippen molar-refractivity contribution in [2.45, 2.75) is 57.9 Å². The largest absolute Gasteiger partial charge is 0.419 e. The molecule has 1 aliphatic rings. The Balaban J connectivity index is 1.78. The van der Waals surface area contributed by atoms with Gasteiger partial charge in [0.1, 0.15) is 11.6 Å². The molecule has 1 N–H and O–H groups in total. The van der Waals surface area contributed by atoms with E-state index in [0.717, 1.165) is 18.9 Å². The predicted octanol–water partition coefficient (Wildman–Crippen LogP) is 4.84. The molecule has 1 fully saturated rings. The van der Waals surface area contributed by atoms with Gasteiger partial charge in [0.15, 0.2) is 9.84 Å². The molecule has 1 atom stereocenters. The first-order valence-electron chi connectivity index (χ1n) is 13.4. The summed E-state index contributed by atoms with van der Waals surface area (Å²) in [6, 6.07) is 9.97. The third-order valence-electron chi connectivity index (χ3n) is 7.33. The van der Waals surface area contributed by atoms with Crippen LogP contribution in [-0.4, -0.2) is 51.9 Å². The lowest BCUT2D eigenvalue weighted by atomic mass is 10.1. The van der Waals surface area contributed by atoms with Gasteiger partial charge < -0.3 is 10.0 Å². The molecular formula is C29H30F4N4O4S. The Kier molecular flexibility index (Phi) is 9.08. The second-order valence-electron chi connectivity index (χ2n) is 10.2. The summed E-state index contributed by atoms with van der Waals surface area (Å²) in [5, 5.41) is 19.6. The quantitative estimate of drug-likeness (QED) is 0.313. The fourth-order valence-electron chi connectivity index (χ4n) is 4.81. The van der Waals surface area contributed by atoms with Gasteiger partial charge in [-0.15, -0.1) is 0 Å². The summed E-state index contributed by atoms with van der Waals surface area (Å²) in [5.41, 5.74) is 0.506. The number of imidazole rings is 1. The van der Waals surface area contributed by atoms with Gasteiger partial charge in [0.25, 0.3) is 0 Å². The third-order valence-corrected chi connectivity index (χ3v) is 9.02. The van der Waals surface area contributed by atoms with Gasteiger partial charge in [-0.25, -0.2) is 17.8 Å². The summed E-state index contributed by atoms with van der Waals surface area (Å²) >= 11 is 0. The number of carbonyl (C=O) groups is 1. The number of sulfone groups is 1. The van der Waals surface area contributed by atoms with Crippen molar-refractivity contribution in [1.29, 1.82) is 5.26 Å². The number of aromatic nitrogens is 2. The Morgan fingerprint density at radius 1 is 1.21 bits per heavy atom. The average Bonchev–Trinajstić information content (AvgIpc) is 3.72. The minimum Gasteiger partial charge on any atom is -0.390 e. The summed E-state index contributed by atoms with van der Waals surface area (Å²) in [7, 11) is -3.54. The zero-order valence-electron chi connectivity index (χ0n) is 23.0. The van der Waals surface area contributed by atoms with Crippen molar-refractivity contribution in [3.63, 3.8) is 0 Å². The van der Waals surface area contributed by atoms with E-state index >= 15 is 0 Å². The Hall–Kier alpha value is -3.76. The molecule has 3 aromatic rings. The van der Waals surface area contributed by atoms with Crippen LogP contribution in [0.1, 0.15) is 72.6 Å². The van der Waals surface area contributed by atoms with E-state index in [4.69, 9.17) is 4.98 Å². The summed E-state index contributed by atoms with van der Waals surface area (Å²) in [4.78, 5) is 19.7. The molecule has 2 aromatic carbocycles. The molecular weight excluding hydrogens is 576 g/mol. The average molecular weight is 607 g/mol. The van der Waals surface area contributed by atoms with Gasteiger partial charge >= 0.3 is 6.18 Å². The molecule has 4 rings (SSSR count). The SMILES string of the molecule is CCS(=O)(=O)CCN(C(=O)Cc1ccc(F)c(C(F)(F)F)c1)[C@H](C)c1nc(C2CC2)c(CO)n1-c1ccc(C#N)cc1. The molecule has 0 spiro atoms. The van der Waals surface area contributed by atoms with E-state index in [1.54, 1.807) is 35.8 Å². The monoisotopic (exact) mass is 606 g/mol. The van der Waals surface area contributed by atoms with Crippen LogP contribution in [0.2, 0.25) is 0 Å². The number of halogens is 4. The van der Waals surface area contributed by atoms with Crippen LogP contribution in [-0.2, 0) is 33.8 Å². The molecule has 0 saturated heterocycles. The zero-order chi connectivity index (χ0) is 30.8. The third kappa shape index (κ3) is 6.82. The Labute approximate surface area is 241 Å². The molecule has 1 saturated carbocycles. The first kappa shape index (κ1) is 31.2. The van der Waals surface area contributed by atoms with Crippen LogP contribution in [0.15, 0.2) is 42.5 Å². The number of hydrogen-bond donors (Lipinski definition) is 1. The highest BCUT2D eigenvalue weighted by molar-refractivity contribution is 7.91. The summed E-state index contributed by atoms with van der Waals surface area (Å²) in [5.74, 6) is -2.29. The lowest BCUT2D eigenvalue weighted by molar-refractivity contribution is -0.140. The van der Waals surface area contributed by atoms with Gasteiger partial charge in [0.05, 0.1) is 53.4 Å². The van der Waals surface area contributed by atoms with Crippen LogP contribution >= 0.6 is 0 Å². The second kappa shape index (κ2) is 12.2. The number of benzene rings is 2. The van der Waals surface area contributed by atoms with Gasteiger partial charge in [-0.1, -0.05) is 13.0 Å². The van der Waals surface area contributed by atoms with E-state index < -0.39 is 51.5 Å². The topological polar surface area (TPSA) is 116 Å². The second-order valence-corrected chi connectivity index (χ2v) is 12.7. The molecule has 1 heterocycles. The molecule has 13 heteroatoms. The standard InChI is InChI=1S/C29H30F4N4O4S/c1-3-42(40,41)13-12-36(26(39)15-20-6-11-24(30)23(14-20)29(31,32)33)18(2)28-35-27(21-7-8-21)25(17-38)37(28)22-9-4-19(16-34)5-10-22/h4-6,9-11,14,18,21,38H,3,7-8,12-13,15,17H2,1-2H3/t18-/m1/s1. The minimum absolute atomic E-state index is 0.0885. The van der Waals surface area contributed by atoms with Gasteiger partial charge in [0, 0.05) is 23.9 Å². The van der Waals surface area contributed by atoms with Crippen LogP contribution in [0, 0.1) is 17.1 Å². The van der Waals surface area contributed by atoms with Crippen molar-refractivity contribution in [2.75, 3.05) is 18.1 Å². The Morgan fingerprint density at radius 2 is 1.88 bits per heavy atom. The van der Waals surface area contributed by atoms with Crippen LogP contribution in [0.4, 0.5) is 17.6 Å². The van der Waals surface area contributed by atoms with Gasteiger partial charge in [-0.05, 0) is 61.7 Å². The maximum atomic E-state index is 13.9. The summed E-state index contributed by atoms with van der Waals surface area (Å²) in [6.07, 6.45) is -3.79. The van der Waals surface area contributed by atoms with E-state index in [1.807, 2.05) is 6.07 Å². The number of aliphatic hydroxyl groups is 1. The molecule has 42 heavy (non-hydrogen) atoms. The van der Waals surface area contributed by atoms with Crippen LogP contribution in [0.3, 0.4) is 0 Å². The van der Waals surface area contributed by atoms with Gasteiger partial charge in [-0.2, -0.15) is 18.4 Å². The summed E-state index contributed by atoms with van der Waals surface area (Å²) < 4.78 is 80.3. The van der Waals surface area contributed by atoms with Crippen molar-refractivity contribution < 1.29 is 35.9 Å². The molecule has 0 unspecified atom stereocenters. The van der Waals surface area contributed by atoms with Crippen molar-refractivity contribution >= 4 is 15.7 Å². The molecule has 0 radical (unpaired) electrons. The number of alkyl halides is 3. The van der Waals surface area contributed by atoms with Crippen LogP contribution in [0.5, 0.6) is 0 Å². The highest BCUT2D eigenvalue weighted by atomic mass is 32.2. The van der Waals surface area contributed by atoms with E-state index in [-0.39, 0.29) is 30.4 Å². The molecule has 1 aliphatic carbocycles. The van der Waals surface area contributed by atoms with E-state index in [0.29, 0.717) is 40.6 Å². The van der Waals surface area contributed by atoms with E-state index in [2.05, 4.69) is 0 Å². The highest BCUT2D eigenvalue weighted by Crippen LogP contribution is 2.43. The lowest BCUT2D eigenvalue weighted by Crippen LogP contribution is -2.39. The molecule has 0 aliphatic heterocycles. The Bertz CT molecular complexity index is 1610. The molecule has 1 amide bonds. The number of carbonyl (C=O) groups excluding carboxylic acids is 1. The fourth-order valence-corrected chi connectivity index (χ4v) is 5.57. The van der Waals surface area contributed by atoms with Crippen molar-refractivity contribution in [3.05, 3.63) is 82.2 Å². The Morgan fingerprint density at radius 3 is 2.43 bits per heavy atom. The number of hydrogen-bond acceptors (Lipinski definition) is 6. The number of rotatable bonds is 11. The zero-order valence-corrected chi connectivity index (χ0v) is 23.8. The van der Waals surface area contributed by atoms with Crippen molar-refractivity contribution in [1.82, 2.24) is 14.5 Å². The fraction of sp³-hybridized carbons (Fsp3) is 0.414. The van der Waals surface area contributed by atoms with Crippen LogP contribution < -0.4 is 0 Å². The maximum absolute atomic E-state index is 13.9. The smallest absolute Gasteiger partial charge is 0.390 e. The summed E-state index contributed by atoms with van der Waals surface area (Å²) in [6.45, 7) is 2.45. The highest BCUT2D eigenvalue weighted by Gasteiger charge is 2.36.